The lowest BCUT2D eigenvalue weighted by Gasteiger charge is -2.05. The fourth-order valence-corrected chi connectivity index (χ4v) is 0.966. The molecule has 1 rings (SSSR count). The van der Waals surface area contributed by atoms with Crippen LogP contribution in [0.2, 0.25) is 0 Å². The van der Waals surface area contributed by atoms with Gasteiger partial charge < -0.3 is 0 Å². The first kappa shape index (κ1) is 9.61. The molecule has 0 bridgehead atoms. The summed E-state index contributed by atoms with van der Waals surface area (Å²) in [5.74, 6) is -0.359. The van der Waals surface area contributed by atoms with Gasteiger partial charge in [-0.15, -0.1) is 0 Å². The third-order valence-electron chi connectivity index (χ3n) is 1.90. The van der Waals surface area contributed by atoms with E-state index in [2.05, 4.69) is 0 Å². The van der Waals surface area contributed by atoms with Crippen molar-refractivity contribution in [2.24, 2.45) is 0 Å². The van der Waals surface area contributed by atoms with Crippen molar-refractivity contribution in [1.29, 1.82) is 0 Å². The second-order valence-corrected chi connectivity index (χ2v) is 2.88. The number of carbonyl (C=O) groups is 2. The van der Waals surface area contributed by atoms with Gasteiger partial charge in [-0.25, -0.2) is 14.5 Å². The van der Waals surface area contributed by atoms with E-state index >= 15 is 0 Å². The summed E-state index contributed by atoms with van der Waals surface area (Å²) in [4.78, 5) is 22.7. The highest BCUT2D eigenvalue weighted by molar-refractivity contribution is 5.92. The van der Waals surface area contributed by atoms with Gasteiger partial charge in [0.25, 0.3) is 0 Å². The lowest BCUT2D eigenvalue weighted by atomic mass is 10.2. The second-order valence-electron chi connectivity index (χ2n) is 2.88. The third-order valence-corrected chi connectivity index (χ3v) is 1.90. The van der Waals surface area contributed by atoms with Crippen molar-refractivity contribution in [2.45, 2.75) is 6.92 Å². The molecule has 0 aliphatic heterocycles. The van der Waals surface area contributed by atoms with E-state index in [0.29, 0.717) is 5.56 Å². The Hall–Kier alpha value is -1.48. The molecule has 1 aromatic rings. The number of amides is 2. The summed E-state index contributed by atoms with van der Waals surface area (Å²) in [7, 11) is 1.55. The van der Waals surface area contributed by atoms with E-state index in [1.54, 1.807) is 31.3 Å². The molecule has 0 aliphatic rings. The topological polar surface area (TPSA) is 38.6 Å². The molecule has 3 heteroatoms. The van der Waals surface area contributed by atoms with Gasteiger partial charge in [0.05, 0.1) is 19.5 Å². The van der Waals surface area contributed by atoms with Crippen LogP contribution in [0.4, 0.5) is 0 Å². The molecule has 3 nitrogen and oxygen atoms in total. The Kier molecular flexibility index (Phi) is 2.93. The van der Waals surface area contributed by atoms with Gasteiger partial charge in [0.2, 0.25) is 0 Å². The maximum absolute atomic E-state index is 11.5. The first-order valence-electron chi connectivity index (χ1n) is 4.07. The van der Waals surface area contributed by atoms with Gasteiger partial charge in [-0.1, -0.05) is 18.2 Å². The van der Waals surface area contributed by atoms with Crippen LogP contribution in [0.1, 0.15) is 17.3 Å². The lowest BCUT2D eigenvalue weighted by molar-refractivity contribution is -0.705. The monoisotopic (exact) mass is 178 g/mol. The highest BCUT2D eigenvalue weighted by Gasteiger charge is 2.20. The number of quaternary nitrogens is 1. The Balaban J connectivity index is 2.86. The summed E-state index contributed by atoms with van der Waals surface area (Å²) in [5.41, 5.74) is 0.565. The van der Waals surface area contributed by atoms with Crippen LogP contribution in [0.25, 0.3) is 0 Å². The first-order chi connectivity index (χ1) is 6.13. The predicted molar refractivity (Wildman–Crippen MR) is 48.3 cm³/mol. The zero-order valence-corrected chi connectivity index (χ0v) is 7.70. The van der Waals surface area contributed by atoms with E-state index in [1.807, 2.05) is 6.07 Å². The minimum Gasteiger partial charge on any atom is -0.231 e. The van der Waals surface area contributed by atoms with Crippen molar-refractivity contribution in [3.05, 3.63) is 35.9 Å². The molecule has 0 aliphatic carbocycles. The molecule has 2 amide bonds. The Morgan fingerprint density at radius 3 is 2.15 bits per heavy atom. The van der Waals surface area contributed by atoms with Gasteiger partial charge in [-0.2, -0.15) is 0 Å². The third kappa shape index (κ3) is 2.23. The van der Waals surface area contributed by atoms with Crippen LogP contribution in [-0.4, -0.2) is 18.9 Å². The van der Waals surface area contributed by atoms with Gasteiger partial charge >= 0.3 is 11.8 Å². The highest BCUT2D eigenvalue weighted by Crippen LogP contribution is 1.95. The predicted octanol–water partition coefficient (Wildman–Crippen LogP) is -0.112. The molecule has 0 radical (unpaired) electrons. The number of carbonyl (C=O) groups excluding carboxylic acids is 2. The minimum absolute atomic E-state index is 0.172. The summed E-state index contributed by atoms with van der Waals surface area (Å²) < 4.78 is 0. The summed E-state index contributed by atoms with van der Waals surface area (Å²) >= 11 is 0. The molecular formula is C10H12NO2+. The normalized spacial score (nSPS) is 12.2. The molecule has 1 unspecified atom stereocenters. The van der Waals surface area contributed by atoms with Crippen LogP contribution in [0.5, 0.6) is 0 Å². The Labute approximate surface area is 77.0 Å². The summed E-state index contributed by atoms with van der Waals surface area (Å²) in [6.45, 7) is 1.40. The van der Waals surface area contributed by atoms with Gasteiger partial charge in [0.15, 0.2) is 0 Å². The van der Waals surface area contributed by atoms with Crippen molar-refractivity contribution in [2.75, 3.05) is 7.05 Å². The van der Waals surface area contributed by atoms with Crippen molar-refractivity contribution in [3.63, 3.8) is 0 Å². The molecular weight excluding hydrogens is 166 g/mol. The molecule has 0 fully saturated rings. The van der Waals surface area contributed by atoms with E-state index in [9.17, 15) is 9.59 Å². The fraction of sp³-hybridized carbons (Fsp3) is 0.200. The lowest BCUT2D eigenvalue weighted by Crippen LogP contribution is -3.13. The molecule has 0 spiro atoms. The van der Waals surface area contributed by atoms with Crippen LogP contribution in [0.3, 0.4) is 0 Å². The molecule has 13 heavy (non-hydrogen) atoms. The molecule has 68 valence electrons. The SMILES string of the molecule is CC(=O)[NH+](C)C(=O)c1ccccc1. The van der Waals surface area contributed by atoms with E-state index < -0.39 is 0 Å². The van der Waals surface area contributed by atoms with Gasteiger partial charge in [0.1, 0.15) is 0 Å². The number of nitrogens with one attached hydrogen (secondary N) is 1. The van der Waals surface area contributed by atoms with Crippen LogP contribution >= 0.6 is 0 Å². The maximum Gasteiger partial charge on any atom is 0.351 e. The molecule has 1 aromatic carbocycles. The number of rotatable bonds is 1. The van der Waals surface area contributed by atoms with E-state index in [0.717, 1.165) is 0 Å². The standard InChI is InChI=1S/C10H11NO2/c1-8(12)11(2)10(13)9-6-4-3-5-7-9/h3-7H,1-2H3/p+1. The Bertz CT molecular complexity index is 319. The van der Waals surface area contributed by atoms with Crippen LogP contribution in [0.15, 0.2) is 30.3 Å². The number of benzene rings is 1. The number of hydrogen-bond donors (Lipinski definition) is 1. The highest BCUT2D eigenvalue weighted by atomic mass is 16.2. The van der Waals surface area contributed by atoms with E-state index in [-0.39, 0.29) is 16.7 Å². The van der Waals surface area contributed by atoms with E-state index in [4.69, 9.17) is 0 Å². The smallest absolute Gasteiger partial charge is 0.231 e. The van der Waals surface area contributed by atoms with Crippen LogP contribution < -0.4 is 4.90 Å². The number of imide groups is 1. The largest absolute Gasteiger partial charge is 0.351 e. The molecule has 1 N–H and O–H groups in total. The van der Waals surface area contributed by atoms with E-state index in [1.165, 1.54) is 6.92 Å². The van der Waals surface area contributed by atoms with Crippen molar-refractivity contribution < 1.29 is 14.5 Å². The minimum atomic E-state index is -0.187. The van der Waals surface area contributed by atoms with Gasteiger partial charge in [-0.05, 0) is 12.1 Å². The molecule has 0 heterocycles. The van der Waals surface area contributed by atoms with Gasteiger partial charge in [-0.3, -0.25) is 0 Å². The Morgan fingerprint density at radius 2 is 1.69 bits per heavy atom. The van der Waals surface area contributed by atoms with Crippen molar-refractivity contribution >= 4 is 11.8 Å². The van der Waals surface area contributed by atoms with Crippen molar-refractivity contribution in [1.82, 2.24) is 0 Å². The van der Waals surface area contributed by atoms with Crippen LogP contribution in [0, 0.1) is 0 Å². The average Bonchev–Trinajstić information content (AvgIpc) is 2.17. The zero-order chi connectivity index (χ0) is 9.84. The summed E-state index contributed by atoms with van der Waals surface area (Å²) in [5, 5.41) is 0. The molecule has 0 aromatic heterocycles. The molecule has 0 saturated heterocycles. The summed E-state index contributed by atoms with van der Waals surface area (Å²) in [6.07, 6.45) is 0. The van der Waals surface area contributed by atoms with Gasteiger partial charge in [0, 0.05) is 0 Å². The quantitative estimate of drug-likeness (QED) is 0.651. The average molecular weight is 178 g/mol. The maximum atomic E-state index is 11.5. The molecule has 1 atom stereocenters. The first-order valence-corrected chi connectivity index (χ1v) is 4.07. The summed E-state index contributed by atoms with van der Waals surface area (Å²) in [6, 6.07) is 8.80. The second kappa shape index (κ2) is 3.96. The fourth-order valence-electron chi connectivity index (χ4n) is 0.966. The van der Waals surface area contributed by atoms with Crippen molar-refractivity contribution in [3.8, 4) is 0 Å². The Morgan fingerprint density at radius 1 is 1.15 bits per heavy atom. The van der Waals surface area contributed by atoms with Crippen LogP contribution in [-0.2, 0) is 4.79 Å². The zero-order valence-electron chi connectivity index (χ0n) is 7.70. The number of hydrogen-bond acceptors (Lipinski definition) is 2. The molecule has 0 saturated carbocycles.